The maximum Gasteiger partial charge on any atom is 0.246 e. The molecule has 0 aliphatic carbocycles. The van der Waals surface area contributed by atoms with Crippen LogP contribution < -0.4 is 4.74 Å². The average Bonchev–Trinajstić information content (AvgIpc) is 3.29. The number of hydrogen-bond acceptors (Lipinski definition) is 5. The molecule has 1 aromatic carbocycles. The molecule has 2 fully saturated rings. The topological polar surface area (TPSA) is 79.8 Å². The number of hydrogen-bond donors (Lipinski definition) is 0. The molecular formula is C22H26ClN3O4S. The van der Waals surface area contributed by atoms with Crippen molar-refractivity contribution in [3.05, 3.63) is 53.3 Å². The van der Waals surface area contributed by atoms with Crippen LogP contribution in [-0.2, 0) is 14.8 Å². The zero-order valence-electron chi connectivity index (χ0n) is 17.4. The number of rotatable bonds is 5. The number of nitrogens with zero attached hydrogens (tertiary/aromatic N) is 3. The number of carbonyl (C=O) groups excluding carboxylic acids is 1. The lowest BCUT2D eigenvalue weighted by atomic mass is 9.95. The Hall–Kier alpha value is -2.16. The first-order valence-corrected chi connectivity index (χ1v) is 12.3. The van der Waals surface area contributed by atoms with Gasteiger partial charge in [0, 0.05) is 31.7 Å². The summed E-state index contributed by atoms with van der Waals surface area (Å²) in [6, 6.07) is 10.9. The molecule has 1 aromatic heterocycles. The second-order valence-electron chi connectivity index (χ2n) is 7.94. The lowest BCUT2D eigenvalue weighted by Crippen LogP contribution is -2.44. The van der Waals surface area contributed by atoms with Crippen LogP contribution in [0, 0.1) is 5.92 Å². The van der Waals surface area contributed by atoms with Gasteiger partial charge in [-0.15, -0.1) is 0 Å². The summed E-state index contributed by atoms with van der Waals surface area (Å²) in [6.45, 7) is 1.31. The first-order valence-electron chi connectivity index (χ1n) is 10.5. The Balaban J connectivity index is 1.44. The maximum absolute atomic E-state index is 13.3. The Morgan fingerprint density at radius 3 is 2.61 bits per heavy atom. The molecule has 31 heavy (non-hydrogen) atoms. The predicted octanol–water partition coefficient (Wildman–Crippen LogP) is 3.51. The number of pyridine rings is 1. The number of amides is 1. The number of likely N-dealkylation sites (tertiary alicyclic amines) is 1. The summed E-state index contributed by atoms with van der Waals surface area (Å²) in [5.74, 6) is 0.716. The van der Waals surface area contributed by atoms with Crippen molar-refractivity contribution in [3.8, 4) is 5.75 Å². The number of carbonyl (C=O) groups is 1. The van der Waals surface area contributed by atoms with Crippen LogP contribution in [0.25, 0.3) is 0 Å². The first kappa shape index (κ1) is 22.0. The van der Waals surface area contributed by atoms with Gasteiger partial charge in [-0.2, -0.15) is 4.31 Å². The van der Waals surface area contributed by atoms with Crippen molar-refractivity contribution in [2.75, 3.05) is 26.7 Å². The fourth-order valence-corrected chi connectivity index (χ4v) is 6.40. The number of sulfonamides is 1. The minimum absolute atomic E-state index is 0.0130. The van der Waals surface area contributed by atoms with Crippen LogP contribution in [0.15, 0.2) is 47.5 Å². The number of methoxy groups -OCH3 is 1. The third-order valence-electron chi connectivity index (χ3n) is 6.16. The zero-order valence-corrected chi connectivity index (χ0v) is 19.0. The maximum atomic E-state index is 13.3. The van der Waals surface area contributed by atoms with Gasteiger partial charge in [0.2, 0.25) is 15.9 Å². The lowest BCUT2D eigenvalue weighted by Gasteiger charge is -2.34. The second-order valence-corrected chi connectivity index (χ2v) is 10.2. The molecule has 3 heterocycles. The van der Waals surface area contributed by atoms with Gasteiger partial charge in [-0.05, 0) is 55.5 Å². The monoisotopic (exact) mass is 463 g/mol. The summed E-state index contributed by atoms with van der Waals surface area (Å²) in [6.07, 6.45) is 4.33. The van der Waals surface area contributed by atoms with Gasteiger partial charge >= 0.3 is 0 Å². The van der Waals surface area contributed by atoms with Crippen molar-refractivity contribution >= 4 is 27.5 Å². The smallest absolute Gasteiger partial charge is 0.246 e. The van der Waals surface area contributed by atoms with Crippen molar-refractivity contribution < 1.29 is 17.9 Å². The van der Waals surface area contributed by atoms with E-state index in [4.69, 9.17) is 16.3 Å². The average molecular weight is 464 g/mol. The van der Waals surface area contributed by atoms with Crippen LogP contribution in [-0.4, -0.2) is 55.3 Å². The van der Waals surface area contributed by atoms with Crippen LogP contribution in [0.1, 0.15) is 37.3 Å². The summed E-state index contributed by atoms with van der Waals surface area (Å²) in [4.78, 5) is 19.2. The van der Waals surface area contributed by atoms with Gasteiger partial charge in [0.05, 0.1) is 13.2 Å². The van der Waals surface area contributed by atoms with E-state index < -0.39 is 10.0 Å². The molecule has 1 unspecified atom stereocenters. The number of halogens is 1. The Labute approximate surface area is 188 Å². The first-order chi connectivity index (χ1) is 14.9. The number of benzene rings is 1. The summed E-state index contributed by atoms with van der Waals surface area (Å²) in [5, 5.41) is -0.0288. The molecule has 2 saturated heterocycles. The fourth-order valence-electron chi connectivity index (χ4n) is 4.51. The molecule has 166 valence electrons. The van der Waals surface area contributed by atoms with Crippen molar-refractivity contribution in [1.82, 2.24) is 14.2 Å². The Kier molecular flexibility index (Phi) is 6.50. The number of piperidine rings is 1. The summed E-state index contributed by atoms with van der Waals surface area (Å²) in [5.41, 5.74) is 1.08. The van der Waals surface area contributed by atoms with E-state index in [1.807, 2.05) is 29.2 Å². The van der Waals surface area contributed by atoms with Gasteiger partial charge in [0.15, 0.2) is 0 Å². The van der Waals surface area contributed by atoms with Gasteiger partial charge in [0.1, 0.15) is 15.8 Å². The third kappa shape index (κ3) is 4.42. The van der Waals surface area contributed by atoms with E-state index >= 15 is 0 Å². The highest BCUT2D eigenvalue weighted by Crippen LogP contribution is 2.36. The number of aromatic nitrogens is 1. The van der Waals surface area contributed by atoms with Crippen LogP contribution in [0.5, 0.6) is 5.75 Å². The van der Waals surface area contributed by atoms with Gasteiger partial charge in [-0.25, -0.2) is 13.4 Å². The van der Waals surface area contributed by atoms with Crippen molar-refractivity contribution in [3.63, 3.8) is 0 Å². The van der Waals surface area contributed by atoms with E-state index in [0.717, 1.165) is 30.7 Å². The molecule has 7 nitrogen and oxygen atoms in total. The predicted molar refractivity (Wildman–Crippen MR) is 117 cm³/mol. The van der Waals surface area contributed by atoms with Crippen molar-refractivity contribution in [1.29, 1.82) is 0 Å². The number of ether oxygens (including phenoxy) is 1. The molecule has 2 aromatic rings. The molecule has 0 bridgehead atoms. The quantitative estimate of drug-likeness (QED) is 0.634. The zero-order chi connectivity index (χ0) is 22.0. The molecule has 0 N–H and O–H groups in total. The van der Waals surface area contributed by atoms with E-state index in [1.165, 1.54) is 16.6 Å². The van der Waals surface area contributed by atoms with Crippen LogP contribution in [0.2, 0.25) is 5.15 Å². The molecule has 0 saturated carbocycles. The summed E-state index contributed by atoms with van der Waals surface area (Å²) < 4.78 is 32.6. The Morgan fingerprint density at radius 2 is 1.90 bits per heavy atom. The Morgan fingerprint density at radius 1 is 1.13 bits per heavy atom. The molecule has 0 radical (unpaired) electrons. The molecule has 2 aliphatic heterocycles. The minimum Gasteiger partial charge on any atom is -0.497 e. The highest BCUT2D eigenvalue weighted by Gasteiger charge is 2.38. The molecule has 1 atom stereocenters. The van der Waals surface area contributed by atoms with E-state index in [1.54, 1.807) is 13.2 Å². The third-order valence-corrected chi connectivity index (χ3v) is 8.50. The SMILES string of the molecule is COc1cccc(C2CCCN2C(=O)C2CCN(S(=O)(=O)c3cccnc3Cl)CC2)c1. The molecule has 1 amide bonds. The van der Waals surface area contributed by atoms with E-state index in [0.29, 0.717) is 25.9 Å². The molecule has 0 spiro atoms. The van der Waals surface area contributed by atoms with E-state index in [2.05, 4.69) is 4.98 Å². The normalized spacial score (nSPS) is 20.7. The standard InChI is InChI=1S/C22H26ClN3O4S/c1-30-18-6-2-5-17(15-18)19-7-4-12-26(19)22(27)16-9-13-25(14-10-16)31(28,29)20-8-3-11-24-21(20)23/h2-3,5-6,8,11,15-16,19H,4,7,9-10,12-14H2,1H3. The Bertz CT molecular complexity index is 1050. The highest BCUT2D eigenvalue weighted by atomic mass is 35.5. The van der Waals surface area contributed by atoms with Gasteiger partial charge in [0.25, 0.3) is 0 Å². The summed E-state index contributed by atoms with van der Waals surface area (Å²) >= 11 is 6.00. The molecule has 9 heteroatoms. The van der Waals surface area contributed by atoms with Gasteiger partial charge < -0.3 is 9.64 Å². The van der Waals surface area contributed by atoms with Crippen LogP contribution >= 0.6 is 11.6 Å². The second kappa shape index (κ2) is 9.14. The van der Waals surface area contributed by atoms with Crippen LogP contribution in [0.4, 0.5) is 0 Å². The van der Waals surface area contributed by atoms with Crippen molar-refractivity contribution in [2.45, 2.75) is 36.6 Å². The minimum atomic E-state index is -3.72. The van der Waals surface area contributed by atoms with E-state index in [9.17, 15) is 13.2 Å². The van der Waals surface area contributed by atoms with Gasteiger partial charge in [-0.3, -0.25) is 4.79 Å². The van der Waals surface area contributed by atoms with Crippen molar-refractivity contribution in [2.24, 2.45) is 5.92 Å². The fraction of sp³-hybridized carbons (Fsp3) is 0.455. The lowest BCUT2D eigenvalue weighted by molar-refractivity contribution is -0.137. The molecule has 4 rings (SSSR count). The molecule has 2 aliphatic rings. The molecular weight excluding hydrogens is 438 g/mol. The highest BCUT2D eigenvalue weighted by molar-refractivity contribution is 7.89. The van der Waals surface area contributed by atoms with Crippen LogP contribution in [0.3, 0.4) is 0 Å². The summed E-state index contributed by atoms with van der Waals surface area (Å²) in [7, 11) is -2.09. The largest absolute Gasteiger partial charge is 0.497 e. The van der Waals surface area contributed by atoms with E-state index in [-0.39, 0.29) is 27.9 Å². The van der Waals surface area contributed by atoms with Gasteiger partial charge in [-0.1, -0.05) is 23.7 Å².